The predicted octanol–water partition coefficient (Wildman–Crippen LogP) is 3.57. The summed E-state index contributed by atoms with van der Waals surface area (Å²) in [6, 6.07) is 1.62. The van der Waals surface area contributed by atoms with E-state index in [4.69, 9.17) is 27.9 Å². The third kappa shape index (κ3) is 3.05. The van der Waals surface area contributed by atoms with E-state index in [1.807, 2.05) is 13.8 Å². The quantitative estimate of drug-likeness (QED) is 0.776. The molecule has 0 radical (unpaired) electrons. The first-order valence-electron chi connectivity index (χ1n) is 4.11. The number of hydrogen-bond acceptors (Lipinski definition) is 2. The van der Waals surface area contributed by atoms with E-state index in [0.29, 0.717) is 15.9 Å². The molecular weight excluding hydrogens is 209 g/mol. The van der Waals surface area contributed by atoms with Crippen molar-refractivity contribution in [1.29, 1.82) is 0 Å². The number of nitrogens with zero attached hydrogens (tertiary/aromatic N) is 1. The van der Waals surface area contributed by atoms with Crippen molar-refractivity contribution in [3.8, 4) is 5.88 Å². The topological polar surface area (TPSA) is 22.1 Å². The van der Waals surface area contributed by atoms with E-state index in [-0.39, 0.29) is 6.10 Å². The van der Waals surface area contributed by atoms with Crippen LogP contribution in [0.5, 0.6) is 5.88 Å². The van der Waals surface area contributed by atoms with Crippen LogP contribution < -0.4 is 4.74 Å². The van der Waals surface area contributed by atoms with Gasteiger partial charge in [0.15, 0.2) is 0 Å². The standard InChI is InChI=1S/C9H11Cl2NO/c1-3-6(2)13-9-8(11)4-7(10)5-12-9/h4-6H,3H2,1-2H3. The van der Waals surface area contributed by atoms with Gasteiger partial charge in [-0.3, -0.25) is 0 Å². The summed E-state index contributed by atoms with van der Waals surface area (Å²) in [4.78, 5) is 3.98. The number of aromatic nitrogens is 1. The molecule has 0 amide bonds. The second-order valence-corrected chi connectivity index (χ2v) is 3.62. The van der Waals surface area contributed by atoms with E-state index in [1.165, 1.54) is 6.20 Å². The number of hydrogen-bond donors (Lipinski definition) is 0. The van der Waals surface area contributed by atoms with Crippen molar-refractivity contribution in [2.45, 2.75) is 26.4 Å². The molecule has 1 heterocycles. The van der Waals surface area contributed by atoms with Gasteiger partial charge in [0.1, 0.15) is 5.02 Å². The Bertz CT molecular complexity index is 291. The molecule has 0 N–H and O–H groups in total. The zero-order valence-corrected chi connectivity index (χ0v) is 9.06. The maximum Gasteiger partial charge on any atom is 0.232 e. The molecule has 2 nitrogen and oxygen atoms in total. The maximum absolute atomic E-state index is 5.86. The normalized spacial score (nSPS) is 12.6. The highest BCUT2D eigenvalue weighted by atomic mass is 35.5. The number of rotatable bonds is 3. The molecule has 1 aromatic rings. The van der Waals surface area contributed by atoms with Gasteiger partial charge in [-0.25, -0.2) is 4.98 Å². The Morgan fingerprint density at radius 1 is 1.54 bits per heavy atom. The molecular formula is C9H11Cl2NO. The lowest BCUT2D eigenvalue weighted by Crippen LogP contribution is -2.10. The van der Waals surface area contributed by atoms with Crippen LogP contribution in [0.4, 0.5) is 0 Å². The van der Waals surface area contributed by atoms with Crippen molar-refractivity contribution < 1.29 is 4.74 Å². The molecule has 0 aliphatic rings. The van der Waals surface area contributed by atoms with Gasteiger partial charge < -0.3 is 4.74 Å². The fraction of sp³-hybridized carbons (Fsp3) is 0.444. The lowest BCUT2D eigenvalue weighted by molar-refractivity contribution is 0.209. The fourth-order valence-electron chi connectivity index (χ4n) is 0.763. The molecule has 13 heavy (non-hydrogen) atoms. The molecule has 0 saturated heterocycles. The Morgan fingerprint density at radius 2 is 2.23 bits per heavy atom. The van der Waals surface area contributed by atoms with Crippen molar-refractivity contribution in [2.75, 3.05) is 0 Å². The van der Waals surface area contributed by atoms with Gasteiger partial charge in [0.25, 0.3) is 0 Å². The summed E-state index contributed by atoms with van der Waals surface area (Å²) >= 11 is 11.5. The zero-order chi connectivity index (χ0) is 9.84. The second kappa shape index (κ2) is 4.68. The van der Waals surface area contributed by atoms with Gasteiger partial charge in [-0.1, -0.05) is 30.1 Å². The Balaban J connectivity index is 2.77. The van der Waals surface area contributed by atoms with Crippen LogP contribution in [0.2, 0.25) is 10.0 Å². The summed E-state index contributed by atoms with van der Waals surface area (Å²) in [5.41, 5.74) is 0. The first kappa shape index (κ1) is 10.6. The molecule has 0 fully saturated rings. The average Bonchev–Trinajstić information content (AvgIpc) is 2.09. The number of halogens is 2. The van der Waals surface area contributed by atoms with Gasteiger partial charge in [0.05, 0.1) is 11.1 Å². The Morgan fingerprint density at radius 3 is 2.77 bits per heavy atom. The molecule has 0 bridgehead atoms. The lowest BCUT2D eigenvalue weighted by Gasteiger charge is -2.12. The van der Waals surface area contributed by atoms with Gasteiger partial charge in [-0.2, -0.15) is 0 Å². The average molecular weight is 220 g/mol. The second-order valence-electron chi connectivity index (χ2n) is 2.78. The van der Waals surface area contributed by atoms with E-state index in [0.717, 1.165) is 6.42 Å². The van der Waals surface area contributed by atoms with Crippen molar-refractivity contribution in [1.82, 2.24) is 4.98 Å². The van der Waals surface area contributed by atoms with Crippen molar-refractivity contribution in [3.63, 3.8) is 0 Å². The highest BCUT2D eigenvalue weighted by Crippen LogP contribution is 2.25. The maximum atomic E-state index is 5.86. The number of pyridine rings is 1. The molecule has 1 atom stereocenters. The monoisotopic (exact) mass is 219 g/mol. The minimum atomic E-state index is 0.117. The molecule has 0 saturated carbocycles. The smallest absolute Gasteiger partial charge is 0.232 e. The summed E-state index contributed by atoms with van der Waals surface area (Å²) in [5, 5.41) is 0.967. The summed E-state index contributed by atoms with van der Waals surface area (Å²) in [6.45, 7) is 4.00. The minimum Gasteiger partial charge on any atom is -0.474 e. The molecule has 1 aromatic heterocycles. The third-order valence-corrected chi connectivity index (χ3v) is 2.14. The summed E-state index contributed by atoms with van der Waals surface area (Å²) in [6.07, 6.45) is 2.55. The highest BCUT2D eigenvalue weighted by molar-refractivity contribution is 6.35. The van der Waals surface area contributed by atoms with Crippen LogP contribution in [0.25, 0.3) is 0 Å². The lowest BCUT2D eigenvalue weighted by atomic mass is 10.3. The molecule has 0 aliphatic carbocycles. The van der Waals surface area contributed by atoms with Crippen LogP contribution in [-0.4, -0.2) is 11.1 Å². The molecule has 1 unspecified atom stereocenters. The van der Waals surface area contributed by atoms with Crippen LogP contribution >= 0.6 is 23.2 Å². The van der Waals surface area contributed by atoms with Crippen LogP contribution in [0.1, 0.15) is 20.3 Å². The SMILES string of the molecule is CCC(C)Oc1ncc(Cl)cc1Cl. The van der Waals surface area contributed by atoms with E-state index in [2.05, 4.69) is 4.98 Å². The molecule has 1 rings (SSSR count). The van der Waals surface area contributed by atoms with Gasteiger partial charge in [-0.05, 0) is 19.4 Å². The largest absolute Gasteiger partial charge is 0.474 e. The zero-order valence-electron chi connectivity index (χ0n) is 7.55. The number of ether oxygens (including phenoxy) is 1. The summed E-state index contributed by atoms with van der Waals surface area (Å²) in [5.74, 6) is 0.445. The Kier molecular flexibility index (Phi) is 3.82. The first-order valence-corrected chi connectivity index (χ1v) is 4.86. The van der Waals surface area contributed by atoms with Crippen molar-refractivity contribution in [3.05, 3.63) is 22.3 Å². The Labute approximate surface area is 87.8 Å². The minimum absolute atomic E-state index is 0.117. The molecule has 4 heteroatoms. The molecule has 72 valence electrons. The van der Waals surface area contributed by atoms with Crippen LogP contribution in [-0.2, 0) is 0 Å². The van der Waals surface area contributed by atoms with Gasteiger partial charge in [0, 0.05) is 6.20 Å². The van der Waals surface area contributed by atoms with E-state index < -0.39 is 0 Å². The first-order chi connectivity index (χ1) is 6.13. The van der Waals surface area contributed by atoms with Crippen LogP contribution in [0.15, 0.2) is 12.3 Å². The predicted molar refractivity (Wildman–Crippen MR) is 54.6 cm³/mol. The van der Waals surface area contributed by atoms with Crippen LogP contribution in [0, 0.1) is 0 Å². The third-order valence-electron chi connectivity index (χ3n) is 1.66. The Hall–Kier alpha value is -0.470. The summed E-state index contributed by atoms with van der Waals surface area (Å²) in [7, 11) is 0. The van der Waals surface area contributed by atoms with Crippen LogP contribution in [0.3, 0.4) is 0 Å². The van der Waals surface area contributed by atoms with E-state index >= 15 is 0 Å². The highest BCUT2D eigenvalue weighted by Gasteiger charge is 2.07. The summed E-state index contributed by atoms with van der Waals surface area (Å²) < 4.78 is 5.45. The van der Waals surface area contributed by atoms with Crippen molar-refractivity contribution in [2.24, 2.45) is 0 Å². The van der Waals surface area contributed by atoms with E-state index in [9.17, 15) is 0 Å². The van der Waals surface area contributed by atoms with Gasteiger partial charge >= 0.3 is 0 Å². The molecule has 0 aliphatic heterocycles. The van der Waals surface area contributed by atoms with Crippen molar-refractivity contribution >= 4 is 23.2 Å². The molecule has 0 aromatic carbocycles. The van der Waals surface area contributed by atoms with E-state index in [1.54, 1.807) is 6.07 Å². The molecule has 0 spiro atoms. The van der Waals surface area contributed by atoms with Gasteiger partial charge in [-0.15, -0.1) is 0 Å². The van der Waals surface area contributed by atoms with Gasteiger partial charge in [0.2, 0.25) is 5.88 Å². The fourth-order valence-corrected chi connectivity index (χ4v) is 1.19.